The van der Waals surface area contributed by atoms with E-state index in [0.29, 0.717) is 15.4 Å². The van der Waals surface area contributed by atoms with Crippen LogP contribution in [0.4, 0.5) is 13.2 Å². The molecule has 142 valence electrons. The van der Waals surface area contributed by atoms with Crippen LogP contribution in [-0.2, 0) is 12.7 Å². The van der Waals surface area contributed by atoms with Crippen molar-refractivity contribution in [2.45, 2.75) is 12.7 Å². The van der Waals surface area contributed by atoms with Gasteiger partial charge in [0.1, 0.15) is 10.7 Å². The van der Waals surface area contributed by atoms with Crippen molar-refractivity contribution in [1.29, 1.82) is 0 Å². The van der Waals surface area contributed by atoms with Gasteiger partial charge in [-0.3, -0.25) is 4.79 Å². The molecular formula is C19H12F3N3O2S. The van der Waals surface area contributed by atoms with Crippen LogP contribution in [0.1, 0.15) is 21.1 Å². The van der Waals surface area contributed by atoms with E-state index in [2.05, 4.69) is 15.5 Å². The molecule has 2 aromatic heterocycles. The molecule has 1 amide bonds. The van der Waals surface area contributed by atoms with Gasteiger partial charge in [-0.25, -0.2) is 4.98 Å². The van der Waals surface area contributed by atoms with E-state index in [1.165, 1.54) is 23.5 Å². The quantitative estimate of drug-likeness (QED) is 0.526. The number of amides is 1. The number of fused-ring (bicyclic) bond motifs is 1. The number of benzene rings is 2. The lowest BCUT2D eigenvalue weighted by atomic mass is 10.1. The third kappa shape index (κ3) is 3.74. The Balaban J connectivity index is 1.46. The van der Waals surface area contributed by atoms with Gasteiger partial charge in [0.25, 0.3) is 5.91 Å². The van der Waals surface area contributed by atoms with E-state index in [0.717, 1.165) is 17.7 Å². The summed E-state index contributed by atoms with van der Waals surface area (Å²) >= 11 is 1.22. The Morgan fingerprint density at radius 2 is 1.89 bits per heavy atom. The van der Waals surface area contributed by atoms with Crippen LogP contribution in [0.15, 0.2) is 59.1 Å². The minimum atomic E-state index is -4.42. The first kappa shape index (κ1) is 18.2. The third-order valence-electron chi connectivity index (χ3n) is 3.96. The maximum atomic E-state index is 12.8. The molecule has 0 bridgehead atoms. The van der Waals surface area contributed by atoms with Gasteiger partial charge in [-0.2, -0.15) is 13.2 Å². The first-order chi connectivity index (χ1) is 13.4. The number of alkyl halides is 3. The molecule has 4 aromatic rings. The van der Waals surface area contributed by atoms with Crippen LogP contribution in [-0.4, -0.2) is 16.0 Å². The predicted octanol–water partition coefficient (Wildman–Crippen LogP) is 4.90. The summed E-state index contributed by atoms with van der Waals surface area (Å²) in [6.45, 7) is 0.0703. The van der Waals surface area contributed by atoms with E-state index in [9.17, 15) is 18.0 Å². The zero-order valence-corrected chi connectivity index (χ0v) is 15.0. The molecule has 0 saturated heterocycles. The lowest BCUT2D eigenvalue weighted by Gasteiger charge is -2.04. The number of thiazole rings is 1. The minimum absolute atomic E-state index is 0.0410. The van der Waals surface area contributed by atoms with Crippen molar-refractivity contribution in [2.24, 2.45) is 0 Å². The molecule has 1 N–H and O–H groups in total. The number of carbonyl (C=O) groups excluding carboxylic acids is 1. The molecule has 0 fully saturated rings. The lowest BCUT2D eigenvalue weighted by Crippen LogP contribution is -2.22. The molecule has 0 aliphatic heterocycles. The number of hydrogen-bond acceptors (Lipinski definition) is 5. The Kier molecular flexibility index (Phi) is 4.60. The van der Waals surface area contributed by atoms with E-state index < -0.39 is 17.6 Å². The molecule has 4 rings (SSSR count). The van der Waals surface area contributed by atoms with Crippen LogP contribution < -0.4 is 5.32 Å². The van der Waals surface area contributed by atoms with Crippen LogP contribution in [0.5, 0.6) is 0 Å². The zero-order valence-electron chi connectivity index (χ0n) is 14.2. The fourth-order valence-electron chi connectivity index (χ4n) is 2.60. The number of nitrogens with zero attached hydrogens (tertiary/aromatic N) is 2. The Bertz CT molecular complexity index is 1140. The van der Waals surface area contributed by atoms with E-state index in [1.54, 1.807) is 0 Å². The number of carbonyl (C=O) groups is 1. The summed E-state index contributed by atoms with van der Waals surface area (Å²) in [5.41, 5.74) is 0.841. The number of halogens is 3. The van der Waals surface area contributed by atoms with Gasteiger partial charge in [0.2, 0.25) is 5.76 Å². The molecule has 2 aromatic carbocycles. The summed E-state index contributed by atoms with van der Waals surface area (Å²) in [5, 5.41) is 7.00. The summed E-state index contributed by atoms with van der Waals surface area (Å²) in [6, 6.07) is 14.2. The fourth-order valence-corrected chi connectivity index (χ4v) is 3.48. The van der Waals surface area contributed by atoms with Gasteiger partial charge < -0.3 is 9.84 Å². The smallest absolute Gasteiger partial charge is 0.350 e. The molecular weight excluding hydrogens is 391 g/mol. The predicted molar refractivity (Wildman–Crippen MR) is 97.7 cm³/mol. The van der Waals surface area contributed by atoms with Gasteiger partial charge in [-0.15, -0.1) is 11.3 Å². The highest BCUT2D eigenvalue weighted by Crippen LogP contribution is 2.32. The molecule has 0 unspecified atom stereocenters. The zero-order chi connectivity index (χ0) is 19.7. The first-order valence-corrected chi connectivity index (χ1v) is 8.99. The lowest BCUT2D eigenvalue weighted by molar-refractivity contribution is -0.137. The molecule has 5 nitrogen and oxygen atoms in total. The molecule has 0 aliphatic rings. The SMILES string of the molecule is O=C(NCc1nc2cc(C(F)(F)F)ccc2s1)c1cc(-c2ccccc2)no1. The van der Waals surface area contributed by atoms with E-state index in [-0.39, 0.29) is 17.8 Å². The first-order valence-electron chi connectivity index (χ1n) is 8.17. The largest absolute Gasteiger partial charge is 0.416 e. The maximum absolute atomic E-state index is 12.8. The van der Waals surface area contributed by atoms with Gasteiger partial charge in [0, 0.05) is 11.6 Å². The second-order valence-corrected chi connectivity index (χ2v) is 7.03. The summed E-state index contributed by atoms with van der Waals surface area (Å²) in [6.07, 6.45) is -4.42. The topological polar surface area (TPSA) is 68.0 Å². The Morgan fingerprint density at radius 1 is 1.11 bits per heavy atom. The van der Waals surface area contributed by atoms with E-state index >= 15 is 0 Å². The van der Waals surface area contributed by atoms with Crippen LogP contribution in [0.2, 0.25) is 0 Å². The van der Waals surface area contributed by atoms with Crippen molar-refractivity contribution in [3.63, 3.8) is 0 Å². The molecule has 2 heterocycles. The molecule has 0 radical (unpaired) electrons. The molecule has 0 spiro atoms. The average molecular weight is 403 g/mol. The van der Waals surface area contributed by atoms with Gasteiger partial charge in [0.15, 0.2) is 0 Å². The standard InChI is InChI=1S/C19H12F3N3O2S/c20-19(21,22)12-6-7-16-14(8-12)24-17(28-16)10-23-18(26)15-9-13(25-27-15)11-4-2-1-3-5-11/h1-9H,10H2,(H,23,26). The normalized spacial score (nSPS) is 11.7. The number of nitrogens with one attached hydrogen (secondary N) is 1. The highest BCUT2D eigenvalue weighted by atomic mass is 32.1. The summed E-state index contributed by atoms with van der Waals surface area (Å²) in [5.74, 6) is -0.441. The van der Waals surface area contributed by atoms with Crippen LogP contribution in [0.25, 0.3) is 21.5 Å². The number of aromatic nitrogens is 2. The van der Waals surface area contributed by atoms with Gasteiger partial charge in [0.05, 0.1) is 22.3 Å². The number of hydrogen-bond donors (Lipinski definition) is 1. The average Bonchev–Trinajstić information content (AvgIpc) is 3.32. The van der Waals surface area contributed by atoms with Crippen molar-refractivity contribution in [3.05, 3.63) is 70.9 Å². The number of rotatable bonds is 4. The minimum Gasteiger partial charge on any atom is -0.350 e. The molecule has 28 heavy (non-hydrogen) atoms. The summed E-state index contributed by atoms with van der Waals surface area (Å²) in [4.78, 5) is 16.4. The van der Waals surface area contributed by atoms with Crippen LogP contribution >= 0.6 is 11.3 Å². The Labute approximate surface area is 160 Å². The van der Waals surface area contributed by atoms with Crippen molar-refractivity contribution in [1.82, 2.24) is 15.5 Å². The summed E-state index contributed by atoms with van der Waals surface area (Å²) in [7, 11) is 0. The molecule has 9 heteroatoms. The van der Waals surface area contributed by atoms with Crippen molar-refractivity contribution < 1.29 is 22.5 Å². The van der Waals surface area contributed by atoms with Crippen molar-refractivity contribution in [2.75, 3.05) is 0 Å². The maximum Gasteiger partial charge on any atom is 0.416 e. The molecule has 0 aliphatic carbocycles. The highest BCUT2D eigenvalue weighted by Gasteiger charge is 2.30. The van der Waals surface area contributed by atoms with Crippen LogP contribution in [0.3, 0.4) is 0 Å². The van der Waals surface area contributed by atoms with Gasteiger partial charge in [-0.1, -0.05) is 35.5 Å². The van der Waals surface area contributed by atoms with Crippen LogP contribution in [0, 0.1) is 0 Å². The summed E-state index contributed by atoms with van der Waals surface area (Å²) < 4.78 is 44.1. The van der Waals surface area contributed by atoms with Crippen molar-refractivity contribution in [3.8, 4) is 11.3 Å². The third-order valence-corrected chi connectivity index (χ3v) is 5.00. The monoisotopic (exact) mass is 403 g/mol. The van der Waals surface area contributed by atoms with Gasteiger partial charge >= 0.3 is 6.18 Å². The highest BCUT2D eigenvalue weighted by molar-refractivity contribution is 7.18. The Hall–Kier alpha value is -3.20. The van der Waals surface area contributed by atoms with Gasteiger partial charge in [-0.05, 0) is 18.2 Å². The van der Waals surface area contributed by atoms with E-state index in [4.69, 9.17) is 4.52 Å². The van der Waals surface area contributed by atoms with E-state index in [1.807, 2.05) is 30.3 Å². The fraction of sp³-hybridized carbons (Fsp3) is 0.105. The van der Waals surface area contributed by atoms with Crippen molar-refractivity contribution >= 4 is 27.5 Å². The molecule has 0 atom stereocenters. The second-order valence-electron chi connectivity index (χ2n) is 5.91. The Morgan fingerprint density at radius 3 is 2.64 bits per heavy atom. The second kappa shape index (κ2) is 7.08. The molecule has 0 saturated carbocycles.